The molecule has 0 fully saturated rings. The molecule has 0 aromatic heterocycles. The molecule has 72 valence electrons. The van der Waals surface area contributed by atoms with Gasteiger partial charge in [-0.25, -0.2) is 4.39 Å². The van der Waals surface area contributed by atoms with Crippen LogP contribution in [0.5, 0.6) is 0 Å². The Morgan fingerprint density at radius 1 is 1.54 bits per heavy atom. The van der Waals surface area contributed by atoms with Gasteiger partial charge in [-0.1, -0.05) is 30.7 Å². The van der Waals surface area contributed by atoms with Crippen molar-refractivity contribution < 1.29 is 4.39 Å². The minimum absolute atomic E-state index is 0.00738. The SMILES string of the molecule is CC[C@@H](N)Cc1cccc(Cl)c1F. The number of nitrogens with two attached hydrogens (primary N) is 1. The molecule has 1 aromatic carbocycles. The van der Waals surface area contributed by atoms with E-state index in [4.69, 9.17) is 17.3 Å². The lowest BCUT2D eigenvalue weighted by atomic mass is 10.0. The summed E-state index contributed by atoms with van der Waals surface area (Å²) in [4.78, 5) is 0. The van der Waals surface area contributed by atoms with Gasteiger partial charge in [-0.05, 0) is 24.5 Å². The average Bonchev–Trinajstić information content (AvgIpc) is 2.13. The Bertz CT molecular complexity index is 288. The van der Waals surface area contributed by atoms with E-state index in [2.05, 4.69) is 0 Å². The van der Waals surface area contributed by atoms with Gasteiger partial charge in [0.15, 0.2) is 0 Å². The van der Waals surface area contributed by atoms with Gasteiger partial charge in [0.05, 0.1) is 5.02 Å². The third-order valence-electron chi connectivity index (χ3n) is 2.04. The summed E-state index contributed by atoms with van der Waals surface area (Å²) in [6.45, 7) is 1.98. The van der Waals surface area contributed by atoms with Gasteiger partial charge < -0.3 is 5.73 Å². The minimum Gasteiger partial charge on any atom is -0.327 e. The molecule has 13 heavy (non-hydrogen) atoms. The summed E-state index contributed by atoms with van der Waals surface area (Å²) in [5.74, 6) is -0.340. The van der Waals surface area contributed by atoms with Crippen molar-refractivity contribution in [1.82, 2.24) is 0 Å². The quantitative estimate of drug-likeness (QED) is 0.800. The number of halogens is 2. The number of benzene rings is 1. The molecule has 0 unspecified atom stereocenters. The molecule has 2 N–H and O–H groups in total. The van der Waals surface area contributed by atoms with Crippen molar-refractivity contribution in [3.63, 3.8) is 0 Å². The highest BCUT2D eigenvalue weighted by molar-refractivity contribution is 6.30. The van der Waals surface area contributed by atoms with Crippen molar-refractivity contribution in [3.8, 4) is 0 Å². The standard InChI is InChI=1S/C10H13ClFN/c1-2-8(13)6-7-4-3-5-9(11)10(7)12/h3-5,8H,2,6,13H2,1H3/t8-/m1/s1. The van der Waals surface area contributed by atoms with Crippen LogP contribution in [0.15, 0.2) is 18.2 Å². The van der Waals surface area contributed by atoms with Crippen LogP contribution in [-0.4, -0.2) is 6.04 Å². The van der Waals surface area contributed by atoms with E-state index in [1.54, 1.807) is 12.1 Å². The van der Waals surface area contributed by atoms with Gasteiger partial charge in [0.25, 0.3) is 0 Å². The first-order valence-electron chi connectivity index (χ1n) is 4.33. The Hall–Kier alpha value is -0.600. The maximum atomic E-state index is 13.3. The van der Waals surface area contributed by atoms with E-state index in [1.165, 1.54) is 6.07 Å². The Kier molecular flexibility index (Phi) is 3.70. The molecule has 0 radical (unpaired) electrons. The Morgan fingerprint density at radius 3 is 2.85 bits per heavy atom. The molecule has 0 aliphatic carbocycles. The van der Waals surface area contributed by atoms with E-state index >= 15 is 0 Å². The molecule has 0 amide bonds. The van der Waals surface area contributed by atoms with Gasteiger partial charge in [-0.15, -0.1) is 0 Å². The number of hydrogen-bond donors (Lipinski definition) is 1. The Balaban J connectivity index is 2.83. The van der Waals surface area contributed by atoms with E-state index in [0.29, 0.717) is 12.0 Å². The summed E-state index contributed by atoms with van der Waals surface area (Å²) in [5.41, 5.74) is 6.31. The van der Waals surface area contributed by atoms with Crippen molar-refractivity contribution in [2.45, 2.75) is 25.8 Å². The fraction of sp³-hybridized carbons (Fsp3) is 0.400. The smallest absolute Gasteiger partial charge is 0.145 e. The summed E-state index contributed by atoms with van der Waals surface area (Å²) in [5, 5.41) is 0.167. The van der Waals surface area contributed by atoms with Crippen molar-refractivity contribution in [1.29, 1.82) is 0 Å². The molecular formula is C10H13ClFN. The highest BCUT2D eigenvalue weighted by Crippen LogP contribution is 2.18. The molecule has 1 atom stereocenters. The van der Waals surface area contributed by atoms with Gasteiger partial charge in [-0.3, -0.25) is 0 Å². The zero-order valence-corrected chi connectivity index (χ0v) is 8.31. The largest absolute Gasteiger partial charge is 0.327 e. The van der Waals surface area contributed by atoms with Crippen LogP contribution in [-0.2, 0) is 6.42 Å². The van der Waals surface area contributed by atoms with Crippen LogP contribution in [0.1, 0.15) is 18.9 Å². The van der Waals surface area contributed by atoms with Gasteiger partial charge in [0.1, 0.15) is 5.82 Å². The molecule has 3 heteroatoms. The lowest BCUT2D eigenvalue weighted by Crippen LogP contribution is -2.21. The molecule has 0 heterocycles. The van der Waals surface area contributed by atoms with Gasteiger partial charge in [-0.2, -0.15) is 0 Å². The minimum atomic E-state index is -0.340. The Morgan fingerprint density at radius 2 is 2.23 bits per heavy atom. The molecule has 1 rings (SSSR count). The first kappa shape index (κ1) is 10.5. The van der Waals surface area contributed by atoms with Crippen LogP contribution in [0.4, 0.5) is 4.39 Å². The fourth-order valence-corrected chi connectivity index (χ4v) is 1.33. The maximum absolute atomic E-state index is 13.3. The van der Waals surface area contributed by atoms with Crippen LogP contribution in [0.3, 0.4) is 0 Å². The molecule has 0 aliphatic rings. The molecular weight excluding hydrogens is 189 g/mol. The summed E-state index contributed by atoms with van der Waals surface area (Å²) in [6, 6.07) is 5.01. The summed E-state index contributed by atoms with van der Waals surface area (Å²) in [7, 11) is 0. The topological polar surface area (TPSA) is 26.0 Å². The molecule has 0 bridgehead atoms. The van der Waals surface area contributed by atoms with Gasteiger partial charge in [0.2, 0.25) is 0 Å². The van der Waals surface area contributed by atoms with Crippen molar-refractivity contribution in [3.05, 3.63) is 34.6 Å². The van der Waals surface area contributed by atoms with E-state index < -0.39 is 0 Å². The zero-order chi connectivity index (χ0) is 9.84. The normalized spacial score (nSPS) is 12.9. The van der Waals surface area contributed by atoms with E-state index in [0.717, 1.165) is 6.42 Å². The molecule has 0 saturated carbocycles. The number of rotatable bonds is 3. The zero-order valence-electron chi connectivity index (χ0n) is 7.56. The monoisotopic (exact) mass is 201 g/mol. The first-order chi connectivity index (χ1) is 6.15. The number of hydrogen-bond acceptors (Lipinski definition) is 1. The molecule has 1 aromatic rings. The van der Waals surface area contributed by atoms with Crippen molar-refractivity contribution >= 4 is 11.6 Å². The lowest BCUT2D eigenvalue weighted by Gasteiger charge is -2.09. The third kappa shape index (κ3) is 2.68. The van der Waals surface area contributed by atoms with E-state index in [-0.39, 0.29) is 16.9 Å². The average molecular weight is 202 g/mol. The van der Waals surface area contributed by atoms with Crippen LogP contribution >= 0.6 is 11.6 Å². The highest BCUT2D eigenvalue weighted by atomic mass is 35.5. The second-order valence-corrected chi connectivity index (χ2v) is 3.49. The van der Waals surface area contributed by atoms with Gasteiger partial charge >= 0.3 is 0 Å². The van der Waals surface area contributed by atoms with Gasteiger partial charge in [0, 0.05) is 6.04 Å². The highest BCUT2D eigenvalue weighted by Gasteiger charge is 2.08. The van der Waals surface area contributed by atoms with Crippen LogP contribution in [0.25, 0.3) is 0 Å². The molecule has 1 nitrogen and oxygen atoms in total. The summed E-state index contributed by atoms with van der Waals surface area (Å²) in [6.07, 6.45) is 1.38. The van der Waals surface area contributed by atoms with E-state index in [9.17, 15) is 4.39 Å². The van der Waals surface area contributed by atoms with Crippen LogP contribution in [0.2, 0.25) is 5.02 Å². The third-order valence-corrected chi connectivity index (χ3v) is 2.33. The molecule has 0 aliphatic heterocycles. The lowest BCUT2D eigenvalue weighted by molar-refractivity contribution is 0.579. The predicted molar refractivity (Wildman–Crippen MR) is 53.4 cm³/mol. The molecule has 0 saturated heterocycles. The van der Waals surface area contributed by atoms with Crippen LogP contribution in [0, 0.1) is 5.82 Å². The van der Waals surface area contributed by atoms with Crippen molar-refractivity contribution in [2.24, 2.45) is 5.73 Å². The van der Waals surface area contributed by atoms with E-state index in [1.807, 2.05) is 6.92 Å². The summed E-state index contributed by atoms with van der Waals surface area (Å²) >= 11 is 5.62. The predicted octanol–water partition coefficient (Wildman–Crippen LogP) is 2.76. The maximum Gasteiger partial charge on any atom is 0.145 e. The van der Waals surface area contributed by atoms with Crippen molar-refractivity contribution in [2.75, 3.05) is 0 Å². The second kappa shape index (κ2) is 4.58. The fourth-order valence-electron chi connectivity index (χ4n) is 1.13. The van der Waals surface area contributed by atoms with Crippen LogP contribution < -0.4 is 5.73 Å². The second-order valence-electron chi connectivity index (χ2n) is 3.09. The summed E-state index contributed by atoms with van der Waals surface area (Å²) < 4.78 is 13.3. The Labute approximate surface area is 82.7 Å². The molecule has 0 spiro atoms. The first-order valence-corrected chi connectivity index (χ1v) is 4.71.